The number of carbonyl (C=O) groups excluding carboxylic acids is 1. The molecule has 0 saturated carbocycles. The highest BCUT2D eigenvalue weighted by molar-refractivity contribution is 5.97. The number of nitrogens with one attached hydrogen (secondary N) is 1. The van der Waals surface area contributed by atoms with E-state index in [0.29, 0.717) is 12.1 Å². The Hall–Kier alpha value is -1.16. The largest absolute Gasteiger partial charge is 0.319 e. The standard InChI is InChI=1S/C10H17N3O/c1-4-13-7-9(6-12-13)10(14)8(2)5-11-3/h6-8,11H,4-5H2,1-3H3. The predicted octanol–water partition coefficient (Wildman–Crippen LogP) is 0.941. The Morgan fingerprint density at radius 2 is 2.43 bits per heavy atom. The highest BCUT2D eigenvalue weighted by Crippen LogP contribution is 2.07. The average Bonchev–Trinajstić information content (AvgIpc) is 2.65. The van der Waals surface area contributed by atoms with Crippen LogP contribution in [0.25, 0.3) is 0 Å². The van der Waals surface area contributed by atoms with E-state index < -0.39 is 0 Å². The summed E-state index contributed by atoms with van der Waals surface area (Å²) < 4.78 is 1.76. The second-order valence-electron chi connectivity index (χ2n) is 3.41. The number of ketones is 1. The molecule has 0 aliphatic heterocycles. The van der Waals surface area contributed by atoms with Gasteiger partial charge in [0, 0.05) is 25.2 Å². The summed E-state index contributed by atoms with van der Waals surface area (Å²) in [6, 6.07) is 0. The summed E-state index contributed by atoms with van der Waals surface area (Å²) in [7, 11) is 1.85. The van der Waals surface area contributed by atoms with Crippen LogP contribution in [-0.4, -0.2) is 29.2 Å². The van der Waals surface area contributed by atoms with Crippen molar-refractivity contribution in [2.45, 2.75) is 20.4 Å². The zero-order valence-corrected chi connectivity index (χ0v) is 8.95. The lowest BCUT2D eigenvalue weighted by Gasteiger charge is -2.06. The van der Waals surface area contributed by atoms with Crippen molar-refractivity contribution < 1.29 is 4.79 Å². The number of aryl methyl sites for hydroxylation is 1. The summed E-state index contributed by atoms with van der Waals surface area (Å²) in [5.74, 6) is 0.161. The maximum absolute atomic E-state index is 11.8. The van der Waals surface area contributed by atoms with Crippen molar-refractivity contribution in [2.75, 3.05) is 13.6 Å². The predicted molar refractivity (Wildman–Crippen MR) is 55.3 cm³/mol. The average molecular weight is 195 g/mol. The van der Waals surface area contributed by atoms with E-state index in [1.165, 1.54) is 0 Å². The molecule has 1 rings (SSSR count). The van der Waals surface area contributed by atoms with Crippen LogP contribution in [0.5, 0.6) is 0 Å². The molecule has 0 saturated heterocycles. The van der Waals surface area contributed by atoms with Crippen molar-refractivity contribution in [1.82, 2.24) is 15.1 Å². The molecule has 4 nitrogen and oxygen atoms in total. The molecule has 78 valence electrons. The normalized spacial score (nSPS) is 12.8. The lowest BCUT2D eigenvalue weighted by molar-refractivity contribution is 0.0930. The summed E-state index contributed by atoms with van der Waals surface area (Å²) in [4.78, 5) is 11.8. The Kier molecular flexibility index (Phi) is 3.83. The minimum absolute atomic E-state index is 0.00880. The molecule has 0 fully saturated rings. The summed E-state index contributed by atoms with van der Waals surface area (Å²) in [6.07, 6.45) is 3.44. The lowest BCUT2D eigenvalue weighted by Crippen LogP contribution is -2.23. The Labute approximate surface area is 84.3 Å². The number of Topliss-reactive ketones (excluding diaryl/α,β-unsaturated/α-hetero) is 1. The molecule has 0 bridgehead atoms. The number of hydrogen-bond donors (Lipinski definition) is 1. The van der Waals surface area contributed by atoms with Crippen LogP contribution in [0.4, 0.5) is 0 Å². The van der Waals surface area contributed by atoms with Gasteiger partial charge >= 0.3 is 0 Å². The van der Waals surface area contributed by atoms with Crippen LogP contribution in [0.15, 0.2) is 12.4 Å². The molecule has 1 aromatic heterocycles. The summed E-state index contributed by atoms with van der Waals surface area (Å²) in [5.41, 5.74) is 0.703. The molecule has 1 N–H and O–H groups in total. The van der Waals surface area contributed by atoms with E-state index in [1.807, 2.05) is 20.9 Å². The molecule has 0 aromatic carbocycles. The van der Waals surface area contributed by atoms with Crippen LogP contribution in [0.2, 0.25) is 0 Å². The molecule has 14 heavy (non-hydrogen) atoms. The minimum atomic E-state index is 0.00880. The molecule has 0 aliphatic rings. The van der Waals surface area contributed by atoms with Gasteiger partial charge in [0.25, 0.3) is 0 Å². The van der Waals surface area contributed by atoms with Gasteiger partial charge in [-0.1, -0.05) is 6.92 Å². The molecule has 0 radical (unpaired) electrons. The number of aromatic nitrogens is 2. The van der Waals surface area contributed by atoms with Gasteiger partial charge in [0.1, 0.15) is 0 Å². The van der Waals surface area contributed by atoms with Gasteiger partial charge in [0.2, 0.25) is 0 Å². The van der Waals surface area contributed by atoms with Gasteiger partial charge < -0.3 is 5.32 Å². The molecule has 1 heterocycles. The van der Waals surface area contributed by atoms with E-state index in [-0.39, 0.29) is 11.7 Å². The Bertz CT molecular complexity index is 306. The molecule has 0 amide bonds. The Morgan fingerprint density at radius 3 is 2.93 bits per heavy atom. The van der Waals surface area contributed by atoms with Crippen molar-refractivity contribution in [1.29, 1.82) is 0 Å². The zero-order valence-electron chi connectivity index (χ0n) is 8.95. The molecule has 1 atom stereocenters. The van der Waals surface area contributed by atoms with Gasteiger partial charge in [-0.15, -0.1) is 0 Å². The first kappa shape index (κ1) is 10.9. The first-order chi connectivity index (χ1) is 6.69. The summed E-state index contributed by atoms with van der Waals surface area (Å²) in [5, 5.41) is 7.06. The summed E-state index contributed by atoms with van der Waals surface area (Å²) >= 11 is 0. The number of hydrogen-bond acceptors (Lipinski definition) is 3. The Morgan fingerprint density at radius 1 is 1.71 bits per heavy atom. The fourth-order valence-corrected chi connectivity index (χ4v) is 1.35. The van der Waals surface area contributed by atoms with E-state index in [4.69, 9.17) is 0 Å². The van der Waals surface area contributed by atoms with Crippen molar-refractivity contribution in [3.05, 3.63) is 18.0 Å². The number of carbonyl (C=O) groups is 1. The molecule has 1 aromatic rings. The molecular weight excluding hydrogens is 178 g/mol. The van der Waals surface area contributed by atoms with Gasteiger partial charge in [-0.05, 0) is 14.0 Å². The highest BCUT2D eigenvalue weighted by Gasteiger charge is 2.15. The number of rotatable bonds is 5. The van der Waals surface area contributed by atoms with Crippen LogP contribution in [0.3, 0.4) is 0 Å². The minimum Gasteiger partial charge on any atom is -0.319 e. The smallest absolute Gasteiger partial charge is 0.170 e. The molecular formula is C10H17N3O. The van der Waals surface area contributed by atoms with E-state index in [1.54, 1.807) is 17.1 Å². The zero-order chi connectivity index (χ0) is 10.6. The van der Waals surface area contributed by atoms with E-state index in [9.17, 15) is 4.79 Å². The van der Waals surface area contributed by atoms with E-state index >= 15 is 0 Å². The third-order valence-corrected chi connectivity index (χ3v) is 2.20. The topological polar surface area (TPSA) is 46.9 Å². The number of nitrogens with zero attached hydrogens (tertiary/aromatic N) is 2. The third-order valence-electron chi connectivity index (χ3n) is 2.20. The second kappa shape index (κ2) is 4.91. The molecule has 4 heteroatoms. The first-order valence-corrected chi connectivity index (χ1v) is 4.90. The van der Waals surface area contributed by atoms with E-state index in [2.05, 4.69) is 10.4 Å². The van der Waals surface area contributed by atoms with Crippen molar-refractivity contribution in [2.24, 2.45) is 5.92 Å². The monoisotopic (exact) mass is 195 g/mol. The van der Waals surface area contributed by atoms with Gasteiger partial charge in [-0.25, -0.2) is 0 Å². The molecule has 0 aliphatic carbocycles. The van der Waals surface area contributed by atoms with Crippen molar-refractivity contribution in [3.8, 4) is 0 Å². The van der Waals surface area contributed by atoms with Crippen LogP contribution in [0, 0.1) is 5.92 Å². The maximum atomic E-state index is 11.8. The maximum Gasteiger partial charge on any atom is 0.170 e. The van der Waals surface area contributed by atoms with E-state index in [0.717, 1.165) is 6.54 Å². The SMILES string of the molecule is CCn1cc(C(=O)C(C)CNC)cn1. The van der Waals surface area contributed by atoms with Gasteiger partial charge in [0.05, 0.1) is 11.8 Å². The van der Waals surface area contributed by atoms with Gasteiger partial charge in [-0.3, -0.25) is 9.48 Å². The first-order valence-electron chi connectivity index (χ1n) is 4.90. The third kappa shape index (κ3) is 2.42. The lowest BCUT2D eigenvalue weighted by atomic mass is 10.0. The van der Waals surface area contributed by atoms with Crippen LogP contribution in [0.1, 0.15) is 24.2 Å². The van der Waals surface area contributed by atoms with Crippen LogP contribution < -0.4 is 5.32 Å². The second-order valence-corrected chi connectivity index (χ2v) is 3.41. The van der Waals surface area contributed by atoms with Crippen LogP contribution in [-0.2, 0) is 6.54 Å². The van der Waals surface area contributed by atoms with Crippen molar-refractivity contribution >= 4 is 5.78 Å². The van der Waals surface area contributed by atoms with Gasteiger partial charge in [0.15, 0.2) is 5.78 Å². The summed E-state index contributed by atoms with van der Waals surface area (Å²) in [6.45, 7) is 5.42. The van der Waals surface area contributed by atoms with Crippen molar-refractivity contribution in [3.63, 3.8) is 0 Å². The van der Waals surface area contributed by atoms with Gasteiger partial charge in [-0.2, -0.15) is 5.10 Å². The highest BCUT2D eigenvalue weighted by atomic mass is 16.1. The fraction of sp³-hybridized carbons (Fsp3) is 0.600. The quantitative estimate of drug-likeness (QED) is 0.711. The molecule has 1 unspecified atom stereocenters. The fourth-order valence-electron chi connectivity index (χ4n) is 1.35. The molecule has 0 spiro atoms. The van der Waals surface area contributed by atoms with Crippen LogP contribution >= 0.6 is 0 Å². The Balaban J connectivity index is 2.68.